The number of phenols is 1. The fraction of sp³-hybridized carbons (Fsp3) is 0.389. The number of halogens is 2. The first-order chi connectivity index (χ1) is 12.6. The Morgan fingerprint density at radius 2 is 2.00 bits per heavy atom. The minimum Gasteiger partial charge on any atom is -0.506 e. The number of alkyl halides is 1. The van der Waals surface area contributed by atoms with Crippen LogP contribution in [0.2, 0.25) is 5.02 Å². The number of carbonyl (C=O) groups excluding carboxylic acids is 1. The number of amides is 1. The van der Waals surface area contributed by atoms with Crippen LogP contribution < -0.4 is 10.6 Å². The molecule has 1 heterocycles. The molecule has 2 aromatic rings. The van der Waals surface area contributed by atoms with E-state index in [1.807, 2.05) is 0 Å². The standard InChI is InChI=1S/C18H20ClIN4O2/c19-14-7-13(6-11(9-20)17(14)25)24-18(26)15-8-16(22-10-21-15)23-12-4-2-1-3-5-12/h6-8,10,12,25H,1-5,9H2,(H,24,26)(H,21,22,23). The first kappa shape index (κ1) is 19.2. The molecular weight excluding hydrogens is 467 g/mol. The largest absolute Gasteiger partial charge is 0.506 e. The van der Waals surface area contributed by atoms with E-state index in [1.165, 1.54) is 31.7 Å². The average Bonchev–Trinajstić information content (AvgIpc) is 2.65. The Balaban J connectivity index is 1.72. The molecule has 8 heteroatoms. The van der Waals surface area contributed by atoms with E-state index in [0.29, 0.717) is 27.5 Å². The molecule has 0 spiro atoms. The van der Waals surface area contributed by atoms with Gasteiger partial charge in [-0.2, -0.15) is 0 Å². The predicted molar refractivity (Wildman–Crippen MR) is 111 cm³/mol. The van der Waals surface area contributed by atoms with Gasteiger partial charge in [0.1, 0.15) is 23.6 Å². The molecule has 6 nitrogen and oxygen atoms in total. The molecule has 0 radical (unpaired) electrons. The summed E-state index contributed by atoms with van der Waals surface area (Å²) in [6, 6.07) is 5.28. The molecule has 1 amide bonds. The summed E-state index contributed by atoms with van der Waals surface area (Å²) in [7, 11) is 0. The van der Waals surface area contributed by atoms with Crippen molar-refractivity contribution in [3.63, 3.8) is 0 Å². The zero-order valence-corrected chi connectivity index (χ0v) is 17.0. The van der Waals surface area contributed by atoms with Gasteiger partial charge in [-0.25, -0.2) is 9.97 Å². The molecule has 3 rings (SSSR count). The molecule has 1 aromatic heterocycles. The molecule has 0 unspecified atom stereocenters. The minimum atomic E-state index is -0.347. The fourth-order valence-electron chi connectivity index (χ4n) is 3.04. The zero-order valence-electron chi connectivity index (χ0n) is 14.1. The predicted octanol–water partition coefficient (Wildman–Crippen LogP) is 4.77. The third-order valence-corrected chi connectivity index (χ3v) is 5.51. The van der Waals surface area contributed by atoms with Crippen LogP contribution >= 0.6 is 34.2 Å². The normalized spacial score (nSPS) is 14.8. The maximum absolute atomic E-state index is 12.5. The van der Waals surface area contributed by atoms with E-state index >= 15 is 0 Å². The van der Waals surface area contributed by atoms with Gasteiger partial charge in [-0.3, -0.25) is 4.79 Å². The first-order valence-electron chi connectivity index (χ1n) is 8.54. The molecule has 1 aromatic carbocycles. The highest BCUT2D eigenvalue weighted by Crippen LogP contribution is 2.32. The molecule has 0 bridgehead atoms. The Morgan fingerprint density at radius 1 is 1.23 bits per heavy atom. The smallest absolute Gasteiger partial charge is 0.274 e. The Labute approximate surface area is 170 Å². The summed E-state index contributed by atoms with van der Waals surface area (Å²) in [5.74, 6) is 0.356. The summed E-state index contributed by atoms with van der Waals surface area (Å²) in [5.41, 5.74) is 1.46. The maximum Gasteiger partial charge on any atom is 0.274 e. The summed E-state index contributed by atoms with van der Waals surface area (Å²) in [5, 5.41) is 16.3. The summed E-state index contributed by atoms with van der Waals surface area (Å²) in [4.78, 5) is 20.8. The highest BCUT2D eigenvalue weighted by Gasteiger charge is 2.16. The Bertz CT molecular complexity index is 797. The van der Waals surface area contributed by atoms with Crippen molar-refractivity contribution in [1.29, 1.82) is 0 Å². The fourth-order valence-corrected chi connectivity index (χ4v) is 3.86. The lowest BCUT2D eigenvalue weighted by Gasteiger charge is -2.23. The van der Waals surface area contributed by atoms with Crippen molar-refractivity contribution in [2.75, 3.05) is 10.6 Å². The number of rotatable bonds is 5. The van der Waals surface area contributed by atoms with Crippen molar-refractivity contribution in [1.82, 2.24) is 9.97 Å². The average molecular weight is 487 g/mol. The van der Waals surface area contributed by atoms with E-state index in [-0.39, 0.29) is 22.4 Å². The molecule has 26 heavy (non-hydrogen) atoms. The van der Waals surface area contributed by atoms with Crippen molar-refractivity contribution in [3.8, 4) is 5.75 Å². The minimum absolute atomic E-state index is 0.0417. The number of aromatic nitrogens is 2. The Hall–Kier alpha value is -1.61. The van der Waals surface area contributed by atoms with Crippen LogP contribution in [0.3, 0.4) is 0 Å². The van der Waals surface area contributed by atoms with E-state index < -0.39 is 0 Å². The zero-order chi connectivity index (χ0) is 18.5. The van der Waals surface area contributed by atoms with Gasteiger partial charge >= 0.3 is 0 Å². The topological polar surface area (TPSA) is 87.1 Å². The van der Waals surface area contributed by atoms with Crippen LogP contribution in [0.25, 0.3) is 0 Å². The van der Waals surface area contributed by atoms with Crippen molar-refractivity contribution < 1.29 is 9.90 Å². The molecule has 3 N–H and O–H groups in total. The lowest BCUT2D eigenvalue weighted by molar-refractivity contribution is 0.102. The van der Waals surface area contributed by atoms with E-state index in [2.05, 4.69) is 43.2 Å². The van der Waals surface area contributed by atoms with Crippen LogP contribution in [0.5, 0.6) is 5.75 Å². The molecular formula is C18H20ClIN4O2. The summed E-state index contributed by atoms with van der Waals surface area (Å²) in [6.45, 7) is 0. The van der Waals surface area contributed by atoms with E-state index in [9.17, 15) is 9.90 Å². The number of carbonyl (C=O) groups is 1. The van der Waals surface area contributed by atoms with Crippen LogP contribution in [0, 0.1) is 0 Å². The van der Waals surface area contributed by atoms with Crippen molar-refractivity contribution in [2.24, 2.45) is 0 Å². The van der Waals surface area contributed by atoms with Gasteiger partial charge in [0.05, 0.1) is 5.02 Å². The second-order valence-electron chi connectivity index (χ2n) is 6.32. The molecule has 0 saturated heterocycles. The highest BCUT2D eigenvalue weighted by molar-refractivity contribution is 14.1. The lowest BCUT2D eigenvalue weighted by atomic mass is 9.95. The van der Waals surface area contributed by atoms with Gasteiger partial charge in [-0.1, -0.05) is 53.5 Å². The number of nitrogens with one attached hydrogen (secondary N) is 2. The van der Waals surface area contributed by atoms with Crippen molar-refractivity contribution >= 4 is 51.6 Å². The molecule has 1 fully saturated rings. The van der Waals surface area contributed by atoms with Crippen LogP contribution in [0.4, 0.5) is 11.5 Å². The summed E-state index contributed by atoms with van der Waals surface area (Å²) in [6.07, 6.45) is 7.35. The Morgan fingerprint density at radius 3 is 2.73 bits per heavy atom. The summed E-state index contributed by atoms with van der Waals surface area (Å²) < 4.78 is 0.579. The number of phenolic OH excluding ortho intramolecular Hbond substituents is 1. The van der Waals surface area contributed by atoms with E-state index in [4.69, 9.17) is 11.6 Å². The number of aromatic hydroxyl groups is 1. The first-order valence-corrected chi connectivity index (χ1v) is 10.4. The van der Waals surface area contributed by atoms with Crippen LogP contribution in [0.1, 0.15) is 48.2 Å². The van der Waals surface area contributed by atoms with Gasteiger partial charge in [-0.15, -0.1) is 0 Å². The molecule has 1 aliphatic carbocycles. The van der Waals surface area contributed by atoms with E-state index in [0.717, 1.165) is 12.8 Å². The van der Waals surface area contributed by atoms with Crippen LogP contribution in [-0.4, -0.2) is 27.0 Å². The van der Waals surface area contributed by atoms with Gasteiger partial charge in [0.2, 0.25) is 0 Å². The number of hydrogen-bond donors (Lipinski definition) is 3. The number of nitrogens with zero attached hydrogens (tertiary/aromatic N) is 2. The second kappa shape index (κ2) is 8.85. The van der Waals surface area contributed by atoms with Crippen molar-refractivity contribution in [3.05, 3.63) is 40.8 Å². The maximum atomic E-state index is 12.5. The van der Waals surface area contributed by atoms with Gasteiger partial charge in [0, 0.05) is 27.8 Å². The van der Waals surface area contributed by atoms with Crippen LogP contribution in [0.15, 0.2) is 24.5 Å². The van der Waals surface area contributed by atoms with Crippen LogP contribution in [-0.2, 0) is 4.43 Å². The van der Waals surface area contributed by atoms with E-state index in [1.54, 1.807) is 12.1 Å². The SMILES string of the molecule is O=C(Nc1cc(Cl)c(O)c(CI)c1)c1cc(NC2CCCCC2)ncn1. The third-order valence-electron chi connectivity index (χ3n) is 4.40. The molecule has 0 atom stereocenters. The number of anilines is 2. The van der Waals surface area contributed by atoms with Gasteiger partial charge in [0.25, 0.3) is 5.91 Å². The third kappa shape index (κ3) is 4.76. The van der Waals surface area contributed by atoms with Gasteiger partial charge in [0.15, 0.2) is 0 Å². The van der Waals surface area contributed by atoms with Gasteiger partial charge < -0.3 is 15.7 Å². The second-order valence-corrected chi connectivity index (χ2v) is 7.49. The Kier molecular flexibility index (Phi) is 6.53. The van der Waals surface area contributed by atoms with Gasteiger partial charge in [-0.05, 0) is 25.0 Å². The summed E-state index contributed by atoms with van der Waals surface area (Å²) >= 11 is 8.15. The molecule has 0 aliphatic heterocycles. The molecule has 1 saturated carbocycles. The number of hydrogen-bond acceptors (Lipinski definition) is 5. The lowest BCUT2D eigenvalue weighted by Crippen LogP contribution is -2.23. The molecule has 138 valence electrons. The quantitative estimate of drug-likeness (QED) is 0.322. The molecule has 1 aliphatic rings. The monoisotopic (exact) mass is 486 g/mol. The highest BCUT2D eigenvalue weighted by atomic mass is 127. The number of benzene rings is 1. The van der Waals surface area contributed by atoms with Crippen molar-refractivity contribution in [2.45, 2.75) is 42.6 Å².